The first kappa shape index (κ1) is 21.9. The molecule has 1 saturated heterocycles. The van der Waals surface area contributed by atoms with Crippen molar-refractivity contribution >= 4 is 23.1 Å². The van der Waals surface area contributed by atoms with Gasteiger partial charge in [0.15, 0.2) is 0 Å². The maximum absolute atomic E-state index is 13.4. The number of benzene rings is 2. The Morgan fingerprint density at radius 2 is 1.91 bits per heavy atom. The van der Waals surface area contributed by atoms with Crippen LogP contribution >= 0.6 is 0 Å². The van der Waals surface area contributed by atoms with Crippen LogP contribution in [0.25, 0.3) is 0 Å². The van der Waals surface area contributed by atoms with E-state index in [1.165, 1.54) is 5.56 Å². The summed E-state index contributed by atoms with van der Waals surface area (Å²) >= 11 is 0. The second-order valence-electron chi connectivity index (χ2n) is 8.80. The van der Waals surface area contributed by atoms with Crippen molar-refractivity contribution in [2.24, 2.45) is 5.92 Å². The molecule has 2 aliphatic heterocycles. The number of piperazine rings is 1. The standard InChI is InChI=1S/C26H27N5O3/c32-26(28-13-11-19-6-2-1-3-7-19)22-17-20-16-21(31(33)34)9-10-23(20)30-15-14-29(18-24(22)30)25-8-4-5-12-27-25/h1-10,12,16,22,24H,11,13-15,17-18H2,(H,28,32)/t22-,24-/m0/s1. The molecule has 0 unspecified atom stereocenters. The SMILES string of the molecule is O=C(NCCc1ccccc1)[C@H]1Cc2cc([N+](=O)[O-])ccc2N2CCN(c3ccccn3)C[C@@H]12. The highest BCUT2D eigenvalue weighted by Crippen LogP contribution is 2.38. The highest BCUT2D eigenvalue weighted by Gasteiger charge is 2.42. The lowest BCUT2D eigenvalue weighted by molar-refractivity contribution is -0.384. The normalized spacial score (nSPS) is 19.2. The van der Waals surface area contributed by atoms with E-state index in [4.69, 9.17) is 0 Å². The van der Waals surface area contributed by atoms with E-state index in [-0.39, 0.29) is 28.5 Å². The van der Waals surface area contributed by atoms with E-state index in [1.54, 1.807) is 18.3 Å². The fraction of sp³-hybridized carbons (Fsp3) is 0.308. The first-order chi connectivity index (χ1) is 16.6. The maximum atomic E-state index is 13.4. The number of amides is 1. The number of carbonyl (C=O) groups excluding carboxylic acids is 1. The van der Waals surface area contributed by atoms with E-state index < -0.39 is 0 Å². The topological polar surface area (TPSA) is 91.6 Å². The van der Waals surface area contributed by atoms with E-state index in [9.17, 15) is 14.9 Å². The number of nitro benzene ring substituents is 1. The molecule has 8 nitrogen and oxygen atoms in total. The zero-order chi connectivity index (χ0) is 23.5. The third-order valence-electron chi connectivity index (χ3n) is 6.77. The van der Waals surface area contributed by atoms with Crippen molar-refractivity contribution in [1.29, 1.82) is 0 Å². The Balaban J connectivity index is 1.39. The largest absolute Gasteiger partial charge is 0.364 e. The van der Waals surface area contributed by atoms with Gasteiger partial charge in [-0.25, -0.2) is 4.98 Å². The number of fused-ring (bicyclic) bond motifs is 3. The van der Waals surface area contributed by atoms with E-state index in [1.807, 2.05) is 42.5 Å². The quantitative estimate of drug-likeness (QED) is 0.451. The third-order valence-corrected chi connectivity index (χ3v) is 6.77. The lowest BCUT2D eigenvalue weighted by Gasteiger charge is -2.49. The Labute approximate surface area is 198 Å². The van der Waals surface area contributed by atoms with Crippen molar-refractivity contribution in [1.82, 2.24) is 10.3 Å². The van der Waals surface area contributed by atoms with Gasteiger partial charge in [0.1, 0.15) is 5.82 Å². The second-order valence-corrected chi connectivity index (χ2v) is 8.80. The molecule has 174 valence electrons. The van der Waals surface area contributed by atoms with Crippen LogP contribution in [0.1, 0.15) is 11.1 Å². The van der Waals surface area contributed by atoms with Gasteiger partial charge >= 0.3 is 0 Å². The molecule has 1 aromatic heterocycles. The summed E-state index contributed by atoms with van der Waals surface area (Å²) in [5.41, 5.74) is 3.09. The first-order valence-corrected chi connectivity index (χ1v) is 11.6. The molecular weight excluding hydrogens is 430 g/mol. The van der Waals surface area contributed by atoms with Crippen molar-refractivity contribution < 1.29 is 9.72 Å². The van der Waals surface area contributed by atoms with Crippen LogP contribution in [0.4, 0.5) is 17.2 Å². The van der Waals surface area contributed by atoms with Gasteiger partial charge in [0.05, 0.1) is 16.9 Å². The highest BCUT2D eigenvalue weighted by atomic mass is 16.6. The lowest BCUT2D eigenvalue weighted by Crippen LogP contribution is -2.61. The van der Waals surface area contributed by atoms with Gasteiger partial charge in [-0.05, 0) is 42.2 Å². The average molecular weight is 458 g/mol. The van der Waals surface area contributed by atoms with Gasteiger partial charge in [0.2, 0.25) is 5.91 Å². The second kappa shape index (κ2) is 9.51. The van der Waals surface area contributed by atoms with Gasteiger partial charge < -0.3 is 15.1 Å². The van der Waals surface area contributed by atoms with Crippen molar-refractivity contribution in [3.8, 4) is 0 Å². The zero-order valence-corrected chi connectivity index (χ0v) is 18.8. The van der Waals surface area contributed by atoms with Crippen molar-refractivity contribution in [3.05, 3.63) is 94.2 Å². The van der Waals surface area contributed by atoms with Gasteiger partial charge in [0.25, 0.3) is 5.69 Å². The summed E-state index contributed by atoms with van der Waals surface area (Å²) in [6.07, 6.45) is 3.02. The molecule has 1 amide bonds. The number of aromatic nitrogens is 1. The molecule has 2 aliphatic rings. The fourth-order valence-corrected chi connectivity index (χ4v) is 5.08. The van der Waals surface area contributed by atoms with Crippen LogP contribution in [-0.4, -0.2) is 48.0 Å². The molecule has 3 aromatic rings. The highest BCUT2D eigenvalue weighted by molar-refractivity contribution is 5.82. The van der Waals surface area contributed by atoms with Gasteiger partial charge in [-0.15, -0.1) is 0 Å². The average Bonchev–Trinajstić information content (AvgIpc) is 2.88. The number of rotatable bonds is 6. The Kier molecular flexibility index (Phi) is 6.12. The fourth-order valence-electron chi connectivity index (χ4n) is 5.08. The number of hydrogen-bond acceptors (Lipinski definition) is 6. The number of anilines is 2. The molecule has 5 rings (SSSR count). The Bertz CT molecular complexity index is 1170. The molecule has 2 aromatic carbocycles. The summed E-state index contributed by atoms with van der Waals surface area (Å²) < 4.78 is 0. The van der Waals surface area contributed by atoms with Crippen LogP contribution in [0, 0.1) is 16.0 Å². The van der Waals surface area contributed by atoms with Crippen molar-refractivity contribution in [2.45, 2.75) is 18.9 Å². The van der Waals surface area contributed by atoms with Crippen LogP contribution in [0.3, 0.4) is 0 Å². The summed E-state index contributed by atoms with van der Waals surface area (Å²) in [5.74, 6) is 0.586. The van der Waals surface area contributed by atoms with Crippen LogP contribution in [0.15, 0.2) is 72.9 Å². The lowest BCUT2D eigenvalue weighted by atomic mass is 9.83. The maximum Gasteiger partial charge on any atom is 0.269 e. The molecule has 0 radical (unpaired) electrons. The predicted molar refractivity (Wildman–Crippen MR) is 131 cm³/mol. The van der Waals surface area contributed by atoms with E-state index in [0.29, 0.717) is 19.5 Å². The molecule has 0 aliphatic carbocycles. The minimum atomic E-state index is -0.375. The Hall–Kier alpha value is -3.94. The van der Waals surface area contributed by atoms with E-state index >= 15 is 0 Å². The molecule has 1 N–H and O–H groups in total. The third kappa shape index (κ3) is 4.44. The van der Waals surface area contributed by atoms with Crippen LogP contribution in [-0.2, 0) is 17.6 Å². The molecule has 3 heterocycles. The first-order valence-electron chi connectivity index (χ1n) is 11.6. The summed E-state index contributed by atoms with van der Waals surface area (Å²) in [5, 5.41) is 14.5. The Morgan fingerprint density at radius 3 is 2.68 bits per heavy atom. The number of nitro groups is 1. The van der Waals surface area contributed by atoms with Gasteiger partial charge in [-0.1, -0.05) is 36.4 Å². The number of nitrogens with one attached hydrogen (secondary N) is 1. The van der Waals surface area contributed by atoms with Crippen molar-refractivity contribution in [2.75, 3.05) is 36.0 Å². The van der Waals surface area contributed by atoms with E-state index in [2.05, 4.69) is 32.2 Å². The summed E-state index contributed by atoms with van der Waals surface area (Å²) in [6, 6.07) is 20.9. The number of non-ortho nitro benzene ring substituents is 1. The molecule has 0 saturated carbocycles. The molecule has 34 heavy (non-hydrogen) atoms. The molecule has 0 spiro atoms. The van der Waals surface area contributed by atoms with Crippen molar-refractivity contribution in [3.63, 3.8) is 0 Å². The minimum absolute atomic E-state index is 0.00837. The number of nitrogens with zero attached hydrogens (tertiary/aromatic N) is 4. The van der Waals surface area contributed by atoms with Crippen LogP contribution in [0.5, 0.6) is 0 Å². The minimum Gasteiger partial charge on any atom is -0.364 e. The summed E-state index contributed by atoms with van der Waals surface area (Å²) in [7, 11) is 0. The molecular formula is C26H27N5O3. The molecule has 8 heteroatoms. The number of hydrogen-bond donors (Lipinski definition) is 1. The smallest absolute Gasteiger partial charge is 0.269 e. The number of pyridine rings is 1. The summed E-state index contributed by atoms with van der Waals surface area (Å²) in [6.45, 7) is 2.72. The Morgan fingerprint density at radius 1 is 1.09 bits per heavy atom. The molecule has 1 fully saturated rings. The van der Waals surface area contributed by atoms with Gasteiger partial charge in [-0.2, -0.15) is 0 Å². The van der Waals surface area contributed by atoms with Gasteiger partial charge in [-0.3, -0.25) is 14.9 Å². The van der Waals surface area contributed by atoms with E-state index in [0.717, 1.165) is 36.6 Å². The monoisotopic (exact) mass is 457 g/mol. The zero-order valence-electron chi connectivity index (χ0n) is 18.8. The number of carbonyl (C=O) groups is 1. The van der Waals surface area contributed by atoms with Gasteiger partial charge in [0, 0.05) is 50.2 Å². The summed E-state index contributed by atoms with van der Waals surface area (Å²) in [4.78, 5) is 33.4. The van der Waals surface area contributed by atoms with Crippen LogP contribution in [0.2, 0.25) is 0 Å². The van der Waals surface area contributed by atoms with Crippen LogP contribution < -0.4 is 15.1 Å². The molecule has 0 bridgehead atoms. The molecule has 2 atom stereocenters. The predicted octanol–water partition coefficient (Wildman–Crippen LogP) is 3.22.